The van der Waals surface area contributed by atoms with Crippen LogP contribution in [0.2, 0.25) is 5.02 Å². The van der Waals surface area contributed by atoms with Crippen molar-refractivity contribution in [2.45, 2.75) is 18.5 Å². The van der Waals surface area contributed by atoms with E-state index in [4.69, 9.17) is 16.3 Å². The third-order valence-electron chi connectivity index (χ3n) is 3.77. The molecule has 6 heteroatoms. The van der Waals surface area contributed by atoms with Crippen LogP contribution in [0.15, 0.2) is 49.1 Å². The lowest BCUT2D eigenvalue weighted by molar-refractivity contribution is -0.143. The van der Waals surface area contributed by atoms with Crippen molar-refractivity contribution in [1.29, 1.82) is 0 Å². The highest BCUT2D eigenvalue weighted by Crippen LogP contribution is 2.29. The Hall–Kier alpha value is -2.11. The zero-order valence-corrected chi connectivity index (χ0v) is 14.2. The number of ether oxygens (including phenoxy) is 2. The molecule has 2 atom stereocenters. The fourth-order valence-electron chi connectivity index (χ4n) is 2.63. The van der Waals surface area contributed by atoms with E-state index in [-0.39, 0.29) is 24.4 Å². The molecular formula is C18H20ClNO4. The van der Waals surface area contributed by atoms with Crippen LogP contribution >= 0.6 is 11.6 Å². The summed E-state index contributed by atoms with van der Waals surface area (Å²) in [6.45, 7) is 4.33. The monoisotopic (exact) mass is 349 g/mol. The maximum Gasteiger partial charge on any atom is 0.330 e. The minimum atomic E-state index is -0.472. The van der Waals surface area contributed by atoms with E-state index in [2.05, 4.69) is 11.3 Å². The topological polar surface area (TPSA) is 55.8 Å². The van der Waals surface area contributed by atoms with Crippen molar-refractivity contribution in [3.05, 3.63) is 59.7 Å². The van der Waals surface area contributed by atoms with Crippen LogP contribution in [0.4, 0.5) is 0 Å². The van der Waals surface area contributed by atoms with Gasteiger partial charge < -0.3 is 14.4 Å². The molecule has 0 N–H and O–H groups in total. The second-order valence-corrected chi connectivity index (χ2v) is 5.78. The molecule has 0 spiro atoms. The van der Waals surface area contributed by atoms with Crippen LogP contribution < -0.4 is 0 Å². The van der Waals surface area contributed by atoms with Crippen molar-refractivity contribution in [2.24, 2.45) is 0 Å². The van der Waals surface area contributed by atoms with E-state index < -0.39 is 5.97 Å². The fraction of sp³-hybridized carbons (Fsp3) is 0.333. The molecule has 0 aliphatic carbocycles. The molecule has 0 saturated carbocycles. The van der Waals surface area contributed by atoms with Gasteiger partial charge in [-0.1, -0.05) is 35.9 Å². The van der Waals surface area contributed by atoms with Gasteiger partial charge in [-0.05, 0) is 17.7 Å². The normalized spacial score (nSPS) is 20.8. The Morgan fingerprint density at radius 3 is 2.71 bits per heavy atom. The number of nitrogens with zero attached hydrogens (tertiary/aromatic N) is 1. The summed E-state index contributed by atoms with van der Waals surface area (Å²) in [7, 11) is 1.31. The van der Waals surface area contributed by atoms with Crippen molar-refractivity contribution in [3.8, 4) is 0 Å². The molecule has 1 aliphatic rings. The number of esters is 1. The van der Waals surface area contributed by atoms with Gasteiger partial charge in [0.25, 0.3) is 0 Å². The van der Waals surface area contributed by atoms with E-state index in [1.807, 2.05) is 12.1 Å². The van der Waals surface area contributed by atoms with Gasteiger partial charge in [0.2, 0.25) is 5.91 Å². The molecule has 1 amide bonds. The Bertz CT molecular complexity index is 626. The SMILES string of the molecule is C=CCC(=O)N1[C@@H](C=CC(=O)OC)COC[C@H]1c1ccc(Cl)cc1. The summed E-state index contributed by atoms with van der Waals surface area (Å²) in [5, 5.41) is 0.626. The highest BCUT2D eigenvalue weighted by molar-refractivity contribution is 6.30. The molecule has 1 fully saturated rings. The van der Waals surface area contributed by atoms with E-state index in [9.17, 15) is 9.59 Å². The number of hydrogen-bond acceptors (Lipinski definition) is 4. The first-order valence-electron chi connectivity index (χ1n) is 7.58. The van der Waals surface area contributed by atoms with E-state index in [0.717, 1.165) is 5.56 Å². The third-order valence-corrected chi connectivity index (χ3v) is 4.03. The molecule has 5 nitrogen and oxygen atoms in total. The Labute approximate surface area is 146 Å². The zero-order valence-electron chi connectivity index (χ0n) is 13.5. The number of amides is 1. The lowest BCUT2D eigenvalue weighted by Gasteiger charge is -2.41. The molecule has 1 aromatic rings. The minimum Gasteiger partial charge on any atom is -0.466 e. The number of halogens is 1. The van der Waals surface area contributed by atoms with Crippen molar-refractivity contribution in [3.63, 3.8) is 0 Å². The Morgan fingerprint density at radius 2 is 2.08 bits per heavy atom. The highest BCUT2D eigenvalue weighted by atomic mass is 35.5. The van der Waals surface area contributed by atoms with E-state index >= 15 is 0 Å². The van der Waals surface area contributed by atoms with Crippen LogP contribution in [-0.4, -0.2) is 43.1 Å². The van der Waals surface area contributed by atoms with Gasteiger partial charge in [-0.3, -0.25) is 4.79 Å². The average Bonchev–Trinajstić information content (AvgIpc) is 2.60. The molecule has 1 saturated heterocycles. The van der Waals surface area contributed by atoms with Gasteiger partial charge in [0.1, 0.15) is 0 Å². The van der Waals surface area contributed by atoms with Crippen molar-refractivity contribution >= 4 is 23.5 Å². The summed E-state index contributed by atoms with van der Waals surface area (Å²) in [4.78, 5) is 25.7. The van der Waals surface area contributed by atoms with E-state index in [0.29, 0.717) is 18.2 Å². The lowest BCUT2D eigenvalue weighted by atomic mass is 10.0. The van der Waals surface area contributed by atoms with Gasteiger partial charge in [0.15, 0.2) is 0 Å². The maximum atomic E-state index is 12.6. The number of hydrogen-bond donors (Lipinski definition) is 0. The predicted octanol–water partition coefficient (Wildman–Crippen LogP) is 2.91. The van der Waals surface area contributed by atoms with E-state index in [1.54, 1.807) is 29.2 Å². The zero-order chi connectivity index (χ0) is 17.5. The van der Waals surface area contributed by atoms with Gasteiger partial charge in [0.05, 0.1) is 32.4 Å². The van der Waals surface area contributed by atoms with Crippen LogP contribution in [0.25, 0.3) is 0 Å². The van der Waals surface area contributed by atoms with Crippen LogP contribution in [0.5, 0.6) is 0 Å². The summed E-state index contributed by atoms with van der Waals surface area (Å²) in [6, 6.07) is 6.69. The number of morpholine rings is 1. The largest absolute Gasteiger partial charge is 0.466 e. The van der Waals surface area contributed by atoms with Gasteiger partial charge in [0, 0.05) is 17.5 Å². The molecule has 128 valence electrons. The van der Waals surface area contributed by atoms with Gasteiger partial charge in [-0.2, -0.15) is 0 Å². The summed E-state index contributed by atoms with van der Waals surface area (Å²) < 4.78 is 10.3. The summed E-state index contributed by atoms with van der Waals surface area (Å²) in [5.41, 5.74) is 0.924. The summed E-state index contributed by atoms with van der Waals surface area (Å²) >= 11 is 5.94. The van der Waals surface area contributed by atoms with Crippen LogP contribution in [0, 0.1) is 0 Å². The lowest BCUT2D eigenvalue weighted by Crippen LogP contribution is -2.49. The molecule has 24 heavy (non-hydrogen) atoms. The molecule has 0 radical (unpaired) electrons. The molecule has 1 aliphatic heterocycles. The summed E-state index contributed by atoms with van der Waals surface area (Å²) in [6.07, 6.45) is 4.73. The Balaban J connectivity index is 2.31. The molecule has 0 bridgehead atoms. The second-order valence-electron chi connectivity index (χ2n) is 5.35. The molecule has 0 aromatic heterocycles. The Morgan fingerprint density at radius 1 is 1.38 bits per heavy atom. The van der Waals surface area contributed by atoms with Gasteiger partial charge in [-0.25, -0.2) is 4.79 Å². The van der Waals surface area contributed by atoms with Crippen LogP contribution in [0.3, 0.4) is 0 Å². The van der Waals surface area contributed by atoms with Crippen molar-refractivity contribution in [2.75, 3.05) is 20.3 Å². The average molecular weight is 350 g/mol. The second kappa shape index (κ2) is 8.66. The molecule has 0 unspecified atom stereocenters. The smallest absolute Gasteiger partial charge is 0.330 e. The summed E-state index contributed by atoms with van der Waals surface area (Å²) in [5.74, 6) is -0.549. The van der Waals surface area contributed by atoms with Crippen molar-refractivity contribution < 1.29 is 19.1 Å². The molecule has 1 heterocycles. The third kappa shape index (κ3) is 4.46. The number of rotatable bonds is 5. The van der Waals surface area contributed by atoms with Crippen LogP contribution in [-0.2, 0) is 19.1 Å². The maximum absolute atomic E-state index is 12.6. The number of methoxy groups -OCH3 is 1. The molecular weight excluding hydrogens is 330 g/mol. The number of carbonyl (C=O) groups excluding carboxylic acids is 2. The quantitative estimate of drug-likeness (QED) is 0.466. The number of benzene rings is 1. The first-order chi connectivity index (χ1) is 11.6. The van der Waals surface area contributed by atoms with E-state index in [1.165, 1.54) is 13.2 Å². The van der Waals surface area contributed by atoms with Gasteiger partial charge in [-0.15, -0.1) is 6.58 Å². The van der Waals surface area contributed by atoms with Crippen LogP contribution in [0.1, 0.15) is 18.0 Å². The first kappa shape index (κ1) is 18.2. The Kier molecular flexibility index (Phi) is 6.58. The number of carbonyl (C=O) groups is 2. The highest BCUT2D eigenvalue weighted by Gasteiger charge is 2.34. The molecule has 1 aromatic carbocycles. The van der Waals surface area contributed by atoms with Crippen molar-refractivity contribution in [1.82, 2.24) is 4.90 Å². The predicted molar refractivity (Wildman–Crippen MR) is 91.6 cm³/mol. The fourth-order valence-corrected chi connectivity index (χ4v) is 2.75. The first-order valence-corrected chi connectivity index (χ1v) is 7.96. The minimum absolute atomic E-state index is 0.0761. The standard InChI is InChI=1S/C18H20ClNO4/c1-3-4-17(21)20-15(9-10-18(22)23-2)11-24-12-16(20)13-5-7-14(19)8-6-13/h3,5-10,15-16H,1,4,11-12H2,2H3/t15-,16-/m0/s1. The van der Waals surface area contributed by atoms with Gasteiger partial charge >= 0.3 is 5.97 Å². The molecule has 2 rings (SSSR count).